The van der Waals surface area contributed by atoms with E-state index in [0.29, 0.717) is 22.8 Å². The van der Waals surface area contributed by atoms with Crippen molar-refractivity contribution in [1.29, 1.82) is 0 Å². The molecule has 0 N–H and O–H groups in total. The quantitative estimate of drug-likeness (QED) is 0.0426. The molecule has 0 bridgehead atoms. The average Bonchev–Trinajstić information content (AvgIpc) is 3.14. The summed E-state index contributed by atoms with van der Waals surface area (Å²) in [6, 6.07) is 33.5. The number of ether oxygens (including phenoxy) is 3. The van der Waals surface area contributed by atoms with Crippen LogP contribution in [0.15, 0.2) is 97.1 Å². The highest BCUT2D eigenvalue weighted by Gasteiger charge is 2.36. The Bertz CT molecular complexity index is 1990. The minimum atomic E-state index is -1.77. The average molecular weight is 869 g/mol. The van der Waals surface area contributed by atoms with Crippen molar-refractivity contribution in [3.05, 3.63) is 125 Å². The lowest BCUT2D eigenvalue weighted by molar-refractivity contribution is 0.0733. The number of para-hydroxylation sites is 1. The van der Waals surface area contributed by atoms with Gasteiger partial charge in [0.15, 0.2) is 33.3 Å². The van der Waals surface area contributed by atoms with Gasteiger partial charge in [0, 0.05) is 5.41 Å². The molecule has 0 unspecified atom stereocenters. The Kier molecular flexibility index (Phi) is 15.6. The number of hydrogen-bond acceptors (Lipinski definition) is 7. The van der Waals surface area contributed by atoms with Crippen molar-refractivity contribution in [3.63, 3.8) is 0 Å². The molecule has 7 nitrogen and oxygen atoms in total. The Hall–Kier alpha value is -3.59. The highest BCUT2D eigenvalue weighted by molar-refractivity contribution is 6.84. The van der Waals surface area contributed by atoms with Gasteiger partial charge in [0.1, 0.15) is 17.2 Å². The molecule has 0 radical (unpaired) electrons. The molecule has 0 aromatic heterocycles. The topological polar surface area (TPSA) is 80.3 Å². The largest absolute Gasteiger partial charge is 0.519 e. The van der Waals surface area contributed by atoms with E-state index in [1.54, 1.807) is 0 Å². The van der Waals surface area contributed by atoms with Gasteiger partial charge in [0.2, 0.25) is 0 Å². The molecule has 0 spiro atoms. The molecule has 0 atom stereocenters. The summed E-state index contributed by atoms with van der Waals surface area (Å²) in [4.78, 5) is 26.6. The zero-order valence-electron chi connectivity index (χ0n) is 37.4. The van der Waals surface area contributed by atoms with Crippen LogP contribution in [-0.2, 0) is 26.5 Å². The van der Waals surface area contributed by atoms with Crippen LogP contribution in [0.5, 0.6) is 17.2 Å². The summed E-state index contributed by atoms with van der Waals surface area (Å²) >= 11 is 0. The smallest absolute Gasteiger partial charge is 0.456 e. The molecule has 5 rings (SSSR count). The van der Waals surface area contributed by atoms with Crippen molar-refractivity contribution in [2.24, 2.45) is 0 Å². The maximum atomic E-state index is 13.5. The van der Waals surface area contributed by atoms with Gasteiger partial charge < -0.3 is 22.4 Å². The molecular formula is C48H68O7Si4. The Balaban J connectivity index is 1.21. The van der Waals surface area contributed by atoms with E-state index in [-0.39, 0.29) is 11.4 Å². The van der Waals surface area contributed by atoms with Gasteiger partial charge in [0.25, 0.3) is 0 Å². The lowest BCUT2D eigenvalue weighted by atomic mass is 9.65. The molecule has 0 heterocycles. The summed E-state index contributed by atoms with van der Waals surface area (Å²) in [7, 11) is -6.72. The highest BCUT2D eigenvalue weighted by Crippen LogP contribution is 2.45. The first-order valence-corrected chi connectivity index (χ1v) is 34.7. The molecule has 1 aliphatic carbocycles. The third kappa shape index (κ3) is 14.2. The van der Waals surface area contributed by atoms with E-state index < -0.39 is 39.4 Å². The maximum absolute atomic E-state index is 13.5. The standard InChI is InChI=1S/C48H68O7Si4/c1-56(2,3)54-58(7,8)36-18-22-38-20-12-14-24-44(38)46(49)51-42-30-26-40(27-31-42)48(34-16-11-17-35-48)41-28-32-43(33-29-41)52-47(50)53-45-25-15-13-21-39(45)23-19-37-59(9,10)55-57(4,5)6/h12-15,20-21,24-33H,11,16-19,22-23,34-37H2,1-10H3. The van der Waals surface area contributed by atoms with Gasteiger partial charge in [-0.15, -0.1) is 0 Å². The number of esters is 1. The predicted molar refractivity (Wildman–Crippen MR) is 251 cm³/mol. The van der Waals surface area contributed by atoms with E-state index in [1.165, 1.54) is 17.5 Å². The van der Waals surface area contributed by atoms with Crippen molar-refractivity contribution in [2.75, 3.05) is 0 Å². The molecule has 0 saturated heterocycles. The Labute approximate surface area is 358 Å². The molecule has 1 saturated carbocycles. The van der Waals surface area contributed by atoms with E-state index in [4.69, 9.17) is 22.4 Å². The van der Waals surface area contributed by atoms with Gasteiger partial charge in [0.05, 0.1) is 5.56 Å². The van der Waals surface area contributed by atoms with Gasteiger partial charge in [-0.05, 0) is 175 Å². The number of rotatable bonds is 18. The summed E-state index contributed by atoms with van der Waals surface area (Å²) in [5.74, 6) is 1.17. The normalized spacial score (nSPS) is 14.7. The second-order valence-electron chi connectivity index (χ2n) is 19.5. The number of carbonyl (C=O) groups excluding carboxylic acids is 2. The fraction of sp³-hybridized carbons (Fsp3) is 0.458. The third-order valence-corrected chi connectivity index (χ3v) is 23.4. The first-order chi connectivity index (χ1) is 27.7. The summed E-state index contributed by atoms with van der Waals surface area (Å²) in [5.41, 5.74) is 4.78. The monoisotopic (exact) mass is 868 g/mol. The van der Waals surface area contributed by atoms with Crippen LogP contribution >= 0.6 is 0 Å². The molecule has 4 aromatic carbocycles. The first-order valence-electron chi connectivity index (χ1n) is 21.6. The number of hydrogen-bond donors (Lipinski definition) is 0. The Morgan fingerprint density at radius 2 is 0.983 bits per heavy atom. The summed E-state index contributed by atoms with van der Waals surface area (Å²) in [5, 5.41) is 0. The number of aryl methyl sites for hydroxylation is 2. The van der Waals surface area contributed by atoms with E-state index >= 15 is 0 Å². The molecule has 4 aromatic rings. The summed E-state index contributed by atoms with van der Waals surface area (Å²) in [6.07, 6.45) is 8.26. The number of benzene rings is 4. The van der Waals surface area contributed by atoms with E-state index in [2.05, 4.69) is 89.7 Å². The van der Waals surface area contributed by atoms with Gasteiger partial charge >= 0.3 is 12.1 Å². The fourth-order valence-corrected chi connectivity index (χ4v) is 25.0. The molecule has 59 heavy (non-hydrogen) atoms. The second kappa shape index (κ2) is 19.9. The van der Waals surface area contributed by atoms with Gasteiger partial charge in [-0.2, -0.15) is 0 Å². The van der Waals surface area contributed by atoms with Gasteiger partial charge in [-0.3, -0.25) is 0 Å². The van der Waals surface area contributed by atoms with Gasteiger partial charge in [-0.25, -0.2) is 9.59 Å². The van der Waals surface area contributed by atoms with Crippen LogP contribution in [0.3, 0.4) is 0 Å². The molecule has 0 aliphatic heterocycles. The zero-order valence-corrected chi connectivity index (χ0v) is 41.4. The van der Waals surface area contributed by atoms with Crippen LogP contribution in [0.2, 0.25) is 77.6 Å². The second-order valence-corrected chi connectivity index (χ2v) is 37.6. The first kappa shape index (κ1) is 46.5. The van der Waals surface area contributed by atoms with Crippen LogP contribution in [0.1, 0.15) is 77.6 Å². The van der Waals surface area contributed by atoms with Crippen LogP contribution in [0.4, 0.5) is 4.79 Å². The lowest BCUT2D eigenvalue weighted by Crippen LogP contribution is -2.42. The number of carbonyl (C=O) groups is 2. The highest BCUT2D eigenvalue weighted by atomic mass is 28.4. The Morgan fingerprint density at radius 3 is 1.51 bits per heavy atom. The summed E-state index contributed by atoms with van der Waals surface area (Å²) < 4.78 is 30.5. The fourth-order valence-electron chi connectivity index (χ4n) is 8.87. The minimum absolute atomic E-state index is 0.195. The predicted octanol–water partition coefficient (Wildman–Crippen LogP) is 13.7. The molecule has 318 valence electrons. The van der Waals surface area contributed by atoms with E-state index in [9.17, 15) is 9.59 Å². The van der Waals surface area contributed by atoms with Crippen LogP contribution < -0.4 is 14.2 Å². The maximum Gasteiger partial charge on any atom is 0.519 e. The lowest BCUT2D eigenvalue weighted by Gasteiger charge is -2.38. The minimum Gasteiger partial charge on any atom is -0.456 e. The van der Waals surface area contributed by atoms with Crippen molar-refractivity contribution in [2.45, 2.75) is 141 Å². The molecule has 0 amide bonds. The van der Waals surface area contributed by atoms with Gasteiger partial charge in [-0.1, -0.05) is 79.9 Å². The van der Waals surface area contributed by atoms with E-state index in [0.717, 1.165) is 74.6 Å². The van der Waals surface area contributed by atoms with Crippen LogP contribution in [-0.4, -0.2) is 45.4 Å². The Morgan fingerprint density at radius 1 is 0.525 bits per heavy atom. The van der Waals surface area contributed by atoms with E-state index in [1.807, 2.05) is 72.8 Å². The SMILES string of the molecule is C[Si](C)(C)O[Si](C)(C)CCCc1ccccc1OC(=O)Oc1ccc(C2(c3ccc(OC(=O)c4ccccc4CCC[Si](C)(C)O[Si](C)(C)C)cc3)CCCCC2)cc1. The van der Waals surface area contributed by atoms with Crippen molar-refractivity contribution in [1.82, 2.24) is 0 Å². The molecular weight excluding hydrogens is 801 g/mol. The summed E-state index contributed by atoms with van der Waals surface area (Å²) in [6.45, 7) is 22.7. The van der Waals surface area contributed by atoms with Crippen LogP contribution in [0.25, 0.3) is 0 Å². The van der Waals surface area contributed by atoms with Crippen molar-refractivity contribution >= 4 is 45.4 Å². The molecule has 1 aliphatic rings. The zero-order chi connectivity index (χ0) is 42.9. The molecule has 1 fully saturated rings. The third-order valence-electron chi connectivity index (χ3n) is 11.0. The van der Waals surface area contributed by atoms with Crippen LogP contribution in [0, 0.1) is 0 Å². The van der Waals surface area contributed by atoms with Crippen molar-refractivity contribution in [3.8, 4) is 17.2 Å². The molecule has 11 heteroatoms. The van der Waals surface area contributed by atoms with Crippen molar-refractivity contribution < 1.29 is 32.0 Å².